The van der Waals surface area contributed by atoms with Gasteiger partial charge in [-0.25, -0.2) is 4.98 Å². The van der Waals surface area contributed by atoms with Crippen molar-refractivity contribution in [3.05, 3.63) is 90.4 Å². The molecule has 0 aliphatic heterocycles. The fourth-order valence-electron chi connectivity index (χ4n) is 3.20. The lowest BCUT2D eigenvalue weighted by atomic mass is 10.1. The van der Waals surface area contributed by atoms with Crippen molar-refractivity contribution in [2.24, 2.45) is 0 Å². The molecule has 0 spiro atoms. The Morgan fingerprint density at radius 1 is 1.23 bits per heavy atom. The molecule has 2 aromatic carbocycles. The van der Waals surface area contributed by atoms with Crippen molar-refractivity contribution in [2.75, 3.05) is 5.32 Å². The van der Waals surface area contributed by atoms with Crippen molar-refractivity contribution in [1.82, 2.24) is 14.5 Å². The summed E-state index contributed by atoms with van der Waals surface area (Å²) in [6, 6.07) is 12.4. The van der Waals surface area contributed by atoms with Gasteiger partial charge in [-0.1, -0.05) is 23.7 Å². The number of aromatic amines is 1. The molecule has 0 atom stereocenters. The highest BCUT2D eigenvalue weighted by Gasteiger charge is 2.13. The normalized spacial score (nSPS) is 11.0. The molecule has 0 aliphatic rings. The number of nitrogens with one attached hydrogen (secondary N) is 2. The van der Waals surface area contributed by atoms with Crippen LogP contribution in [0.3, 0.4) is 0 Å². The maximum atomic E-state index is 12.7. The van der Waals surface area contributed by atoms with Crippen LogP contribution in [0.4, 0.5) is 5.13 Å². The highest BCUT2D eigenvalue weighted by molar-refractivity contribution is 7.15. The number of amides is 1. The van der Waals surface area contributed by atoms with E-state index in [1.54, 1.807) is 31.3 Å². The Balaban J connectivity index is 1.55. The first kappa shape index (κ1) is 20.1. The number of carbonyl (C=O) groups excluding carboxylic acids is 1. The molecule has 2 aromatic heterocycles. The number of benzene rings is 2. The molecular weight excluding hydrogens is 424 g/mol. The number of aromatic nitrogens is 3. The first-order valence-corrected chi connectivity index (χ1v) is 10.4. The number of fused-ring (bicyclic) bond motifs is 1. The van der Waals surface area contributed by atoms with Crippen LogP contribution < -0.4 is 16.4 Å². The zero-order chi connectivity index (χ0) is 21.3. The Morgan fingerprint density at radius 3 is 2.83 bits per heavy atom. The van der Waals surface area contributed by atoms with Crippen LogP contribution in [0.1, 0.15) is 27.7 Å². The fraction of sp³-hybridized carbons (Fsp3) is 0.143. The first-order chi connectivity index (χ1) is 14.4. The SMILES string of the molecule is CCn1c(=O)c(=O)[nH]c2cc(C(=O)Nc3ncc(Cc4cccc(Cl)c4)s3)ccc21. The van der Waals surface area contributed by atoms with E-state index in [4.69, 9.17) is 11.6 Å². The van der Waals surface area contributed by atoms with E-state index in [0.29, 0.717) is 39.7 Å². The molecule has 2 heterocycles. The number of H-pyrrole nitrogens is 1. The quantitative estimate of drug-likeness (QED) is 0.463. The van der Waals surface area contributed by atoms with Crippen molar-refractivity contribution in [3.8, 4) is 0 Å². The van der Waals surface area contributed by atoms with Gasteiger partial charge in [0.2, 0.25) is 0 Å². The van der Waals surface area contributed by atoms with E-state index in [1.807, 2.05) is 24.3 Å². The van der Waals surface area contributed by atoms with Crippen molar-refractivity contribution >= 4 is 45.0 Å². The molecule has 0 aliphatic carbocycles. The molecule has 4 rings (SSSR count). The minimum absolute atomic E-state index is 0.351. The summed E-state index contributed by atoms with van der Waals surface area (Å²) in [4.78, 5) is 44.2. The summed E-state index contributed by atoms with van der Waals surface area (Å²) < 4.78 is 1.37. The Morgan fingerprint density at radius 2 is 2.07 bits per heavy atom. The summed E-state index contributed by atoms with van der Waals surface area (Å²) in [7, 11) is 0. The van der Waals surface area contributed by atoms with Gasteiger partial charge in [-0.3, -0.25) is 19.7 Å². The lowest BCUT2D eigenvalue weighted by Gasteiger charge is -2.08. The lowest BCUT2D eigenvalue weighted by Crippen LogP contribution is -2.36. The first-order valence-electron chi connectivity index (χ1n) is 9.22. The van der Waals surface area contributed by atoms with Crippen molar-refractivity contribution in [2.45, 2.75) is 19.9 Å². The van der Waals surface area contributed by atoms with E-state index in [2.05, 4.69) is 15.3 Å². The number of nitrogens with zero attached hydrogens (tertiary/aromatic N) is 2. The molecule has 0 bridgehead atoms. The molecule has 0 fully saturated rings. The topological polar surface area (TPSA) is 96.9 Å². The van der Waals surface area contributed by atoms with Crippen LogP contribution in [-0.2, 0) is 13.0 Å². The monoisotopic (exact) mass is 440 g/mol. The van der Waals surface area contributed by atoms with E-state index in [9.17, 15) is 14.4 Å². The Hall–Kier alpha value is -3.23. The molecule has 30 heavy (non-hydrogen) atoms. The Kier molecular flexibility index (Phi) is 5.52. The average molecular weight is 441 g/mol. The van der Waals surface area contributed by atoms with Crippen LogP contribution in [-0.4, -0.2) is 20.4 Å². The molecule has 0 saturated carbocycles. The van der Waals surface area contributed by atoms with E-state index < -0.39 is 11.1 Å². The average Bonchev–Trinajstić information content (AvgIpc) is 3.15. The third kappa shape index (κ3) is 4.05. The van der Waals surface area contributed by atoms with E-state index in [1.165, 1.54) is 15.9 Å². The number of hydrogen-bond donors (Lipinski definition) is 2. The van der Waals surface area contributed by atoms with Crippen LogP contribution in [0.5, 0.6) is 0 Å². The van der Waals surface area contributed by atoms with Crippen molar-refractivity contribution < 1.29 is 4.79 Å². The van der Waals surface area contributed by atoms with Gasteiger partial charge < -0.3 is 9.55 Å². The maximum Gasteiger partial charge on any atom is 0.316 e. The number of anilines is 1. The predicted molar refractivity (Wildman–Crippen MR) is 119 cm³/mol. The molecule has 1 amide bonds. The summed E-state index contributed by atoms with van der Waals surface area (Å²) in [5.74, 6) is -0.351. The molecule has 0 radical (unpaired) electrons. The summed E-state index contributed by atoms with van der Waals surface area (Å²) in [5.41, 5.74) is 1.08. The highest BCUT2D eigenvalue weighted by Crippen LogP contribution is 2.23. The van der Waals surface area contributed by atoms with Gasteiger partial charge in [-0.2, -0.15) is 0 Å². The molecule has 0 unspecified atom stereocenters. The molecule has 9 heteroatoms. The zero-order valence-electron chi connectivity index (χ0n) is 15.9. The van der Waals surface area contributed by atoms with Gasteiger partial charge in [-0.15, -0.1) is 11.3 Å². The highest BCUT2D eigenvalue weighted by atomic mass is 35.5. The second-order valence-electron chi connectivity index (χ2n) is 6.63. The van der Waals surface area contributed by atoms with Crippen molar-refractivity contribution in [3.63, 3.8) is 0 Å². The Labute approximate surface area is 180 Å². The van der Waals surface area contributed by atoms with Crippen LogP contribution in [0, 0.1) is 0 Å². The van der Waals surface area contributed by atoms with E-state index >= 15 is 0 Å². The summed E-state index contributed by atoms with van der Waals surface area (Å²) in [6.45, 7) is 2.14. The third-order valence-electron chi connectivity index (χ3n) is 4.59. The Bertz CT molecular complexity index is 1370. The second kappa shape index (κ2) is 8.25. The van der Waals surface area contributed by atoms with Crippen molar-refractivity contribution in [1.29, 1.82) is 0 Å². The standard InChI is InChI=1S/C21H17ClN4O3S/c1-2-26-17-7-6-13(10-16(17)24-19(28)20(26)29)18(27)25-21-23-11-15(30-21)9-12-4-3-5-14(22)8-12/h3-8,10-11H,2,9H2,1H3,(H,24,28)(H,23,25,27). The van der Waals surface area contributed by atoms with Gasteiger partial charge >= 0.3 is 11.1 Å². The number of halogens is 1. The lowest BCUT2D eigenvalue weighted by molar-refractivity contribution is 0.102. The van der Waals surface area contributed by atoms with Gasteiger partial charge in [0.1, 0.15) is 0 Å². The van der Waals surface area contributed by atoms with Gasteiger partial charge in [0, 0.05) is 34.6 Å². The van der Waals surface area contributed by atoms with Gasteiger partial charge in [0.25, 0.3) is 5.91 Å². The number of hydrogen-bond acceptors (Lipinski definition) is 5. The van der Waals surface area contributed by atoms with Crippen LogP contribution >= 0.6 is 22.9 Å². The summed E-state index contributed by atoms with van der Waals surface area (Å²) in [6.07, 6.45) is 2.39. The van der Waals surface area contributed by atoms with Gasteiger partial charge in [0.05, 0.1) is 11.0 Å². The van der Waals surface area contributed by atoms with Crippen LogP contribution in [0.2, 0.25) is 5.02 Å². The molecule has 4 aromatic rings. The van der Waals surface area contributed by atoms with Crippen LogP contribution in [0.25, 0.3) is 11.0 Å². The number of aryl methyl sites for hydroxylation is 1. The molecular formula is C21H17ClN4O3S. The van der Waals surface area contributed by atoms with Crippen LogP contribution in [0.15, 0.2) is 58.3 Å². The number of rotatable bonds is 5. The molecule has 0 saturated heterocycles. The summed E-state index contributed by atoms with van der Waals surface area (Å²) in [5, 5.41) is 3.93. The molecule has 7 nitrogen and oxygen atoms in total. The molecule has 152 valence electrons. The molecule has 2 N–H and O–H groups in total. The number of carbonyl (C=O) groups is 1. The fourth-order valence-corrected chi connectivity index (χ4v) is 4.25. The third-order valence-corrected chi connectivity index (χ3v) is 5.74. The van der Waals surface area contributed by atoms with E-state index in [-0.39, 0.29) is 5.91 Å². The number of thiazole rings is 1. The van der Waals surface area contributed by atoms with Gasteiger partial charge in [0.15, 0.2) is 5.13 Å². The van der Waals surface area contributed by atoms with E-state index in [0.717, 1.165) is 10.4 Å². The largest absolute Gasteiger partial charge is 0.316 e. The minimum Gasteiger partial charge on any atom is -0.316 e. The second-order valence-corrected chi connectivity index (χ2v) is 8.18. The minimum atomic E-state index is -0.715. The zero-order valence-corrected chi connectivity index (χ0v) is 17.5. The smallest absolute Gasteiger partial charge is 0.316 e. The summed E-state index contributed by atoms with van der Waals surface area (Å²) >= 11 is 7.40. The predicted octanol–water partition coefficient (Wildman–Crippen LogP) is 3.66. The maximum absolute atomic E-state index is 12.7. The van der Waals surface area contributed by atoms with Gasteiger partial charge in [-0.05, 0) is 42.8 Å².